The number of hydrogen-bond acceptors (Lipinski definition) is 8. The number of anilines is 1. The molecule has 3 aromatic heterocycles. The van der Waals surface area contributed by atoms with Gasteiger partial charge in [-0.3, -0.25) is 18.6 Å². The lowest BCUT2D eigenvalue weighted by Gasteiger charge is -2.11. The molecule has 9 nitrogen and oxygen atoms in total. The van der Waals surface area contributed by atoms with E-state index < -0.39 is 5.97 Å². The van der Waals surface area contributed by atoms with E-state index in [1.165, 1.54) is 23.1 Å². The van der Waals surface area contributed by atoms with Gasteiger partial charge in [0.1, 0.15) is 5.00 Å². The van der Waals surface area contributed by atoms with Gasteiger partial charge in [0, 0.05) is 6.54 Å². The minimum Gasteiger partial charge on any atom is -0.462 e. The van der Waals surface area contributed by atoms with E-state index in [2.05, 4.69) is 22.4 Å². The molecule has 0 fully saturated rings. The summed E-state index contributed by atoms with van der Waals surface area (Å²) in [5, 5.41) is 14.5. The first kappa shape index (κ1) is 23.0. The highest BCUT2D eigenvalue weighted by Crippen LogP contribution is 2.26. The number of aromatic nitrogens is 4. The van der Waals surface area contributed by atoms with Crippen molar-refractivity contribution in [2.24, 2.45) is 0 Å². The Labute approximate surface area is 197 Å². The Bertz CT molecular complexity index is 1370. The highest BCUT2D eigenvalue weighted by atomic mass is 32.2. The van der Waals surface area contributed by atoms with Gasteiger partial charge in [-0.2, -0.15) is 0 Å². The third kappa shape index (κ3) is 4.64. The van der Waals surface area contributed by atoms with E-state index in [0.717, 1.165) is 12.8 Å². The van der Waals surface area contributed by atoms with Crippen molar-refractivity contribution < 1.29 is 14.3 Å². The summed E-state index contributed by atoms with van der Waals surface area (Å²) in [5.41, 5.74) is 0.928. The third-order valence-corrected chi connectivity index (χ3v) is 6.72. The molecule has 0 unspecified atom stereocenters. The topological polar surface area (TPSA) is 108 Å². The number of thioether (sulfide) groups is 1. The quantitative estimate of drug-likeness (QED) is 0.284. The van der Waals surface area contributed by atoms with Gasteiger partial charge in [0.05, 0.1) is 28.8 Å². The summed E-state index contributed by atoms with van der Waals surface area (Å²) in [6, 6.07) is 8.94. The van der Waals surface area contributed by atoms with Crippen LogP contribution >= 0.6 is 23.1 Å². The molecule has 0 aliphatic heterocycles. The molecule has 0 atom stereocenters. The monoisotopic (exact) mass is 485 g/mol. The van der Waals surface area contributed by atoms with Crippen LogP contribution in [0.3, 0.4) is 0 Å². The van der Waals surface area contributed by atoms with E-state index in [9.17, 15) is 14.4 Å². The number of carbonyl (C=O) groups is 2. The minimum absolute atomic E-state index is 0.0589. The van der Waals surface area contributed by atoms with Crippen molar-refractivity contribution in [2.75, 3.05) is 17.7 Å². The maximum absolute atomic E-state index is 13.0. The predicted octanol–water partition coefficient (Wildman–Crippen LogP) is 3.81. The molecular formula is C22H23N5O4S2. The molecule has 0 aliphatic carbocycles. The van der Waals surface area contributed by atoms with Crippen molar-refractivity contribution >= 4 is 56.7 Å². The van der Waals surface area contributed by atoms with Crippen LogP contribution in [0.5, 0.6) is 0 Å². The maximum Gasteiger partial charge on any atom is 0.341 e. The predicted molar refractivity (Wildman–Crippen MR) is 129 cm³/mol. The van der Waals surface area contributed by atoms with E-state index in [-0.39, 0.29) is 23.8 Å². The van der Waals surface area contributed by atoms with Gasteiger partial charge in [-0.05, 0) is 36.9 Å². The van der Waals surface area contributed by atoms with Gasteiger partial charge in [-0.25, -0.2) is 4.79 Å². The van der Waals surface area contributed by atoms with E-state index in [1.54, 1.807) is 29.0 Å². The molecule has 0 saturated heterocycles. The Morgan fingerprint density at radius 2 is 2.00 bits per heavy atom. The fourth-order valence-corrected chi connectivity index (χ4v) is 4.94. The number of nitrogens with one attached hydrogen (secondary N) is 1. The first-order valence-corrected chi connectivity index (χ1v) is 12.5. The van der Waals surface area contributed by atoms with Crippen LogP contribution in [0.15, 0.2) is 45.7 Å². The molecule has 4 rings (SSSR count). The number of fused-ring (bicyclic) bond motifs is 3. The number of amides is 1. The third-order valence-electron chi connectivity index (χ3n) is 4.96. The van der Waals surface area contributed by atoms with Crippen LogP contribution < -0.4 is 10.9 Å². The summed E-state index contributed by atoms with van der Waals surface area (Å²) < 4.78 is 8.49. The van der Waals surface area contributed by atoms with Crippen LogP contribution in [0.4, 0.5) is 5.00 Å². The number of unbranched alkanes of at least 4 members (excludes halogenated alkanes) is 1. The second-order valence-electron chi connectivity index (χ2n) is 7.17. The number of hydrogen-bond donors (Lipinski definition) is 1. The van der Waals surface area contributed by atoms with Crippen LogP contribution in [0.2, 0.25) is 0 Å². The molecule has 1 N–H and O–H groups in total. The van der Waals surface area contributed by atoms with E-state index in [0.29, 0.717) is 38.9 Å². The summed E-state index contributed by atoms with van der Waals surface area (Å²) in [6.45, 7) is 4.60. The molecule has 4 aromatic rings. The Balaban J connectivity index is 1.60. The number of esters is 1. The number of rotatable bonds is 9. The minimum atomic E-state index is -0.471. The number of benzene rings is 1. The van der Waals surface area contributed by atoms with E-state index >= 15 is 0 Å². The molecule has 0 aliphatic rings. The Hall–Kier alpha value is -3.18. The molecule has 3 heterocycles. The fraction of sp³-hybridized carbons (Fsp3) is 0.318. The highest BCUT2D eigenvalue weighted by Gasteiger charge is 2.19. The lowest BCUT2D eigenvalue weighted by Crippen LogP contribution is -2.23. The van der Waals surface area contributed by atoms with Crippen LogP contribution in [0.25, 0.3) is 16.7 Å². The Morgan fingerprint density at radius 3 is 2.79 bits per heavy atom. The maximum atomic E-state index is 13.0. The molecule has 0 radical (unpaired) electrons. The molecule has 0 saturated carbocycles. The average molecular weight is 486 g/mol. The first-order chi connectivity index (χ1) is 16.0. The molecule has 0 spiro atoms. The van der Waals surface area contributed by atoms with Crippen molar-refractivity contribution in [3.63, 3.8) is 0 Å². The van der Waals surface area contributed by atoms with Gasteiger partial charge in [-0.15, -0.1) is 21.5 Å². The van der Waals surface area contributed by atoms with Gasteiger partial charge >= 0.3 is 5.97 Å². The largest absolute Gasteiger partial charge is 0.462 e. The van der Waals surface area contributed by atoms with Gasteiger partial charge < -0.3 is 10.1 Å². The summed E-state index contributed by atoms with van der Waals surface area (Å²) >= 11 is 2.47. The second kappa shape index (κ2) is 10.2. The standard InChI is InChI=1S/C22H23N5O4S2/c1-3-5-11-26-19(29)14-8-6-7-9-16(14)27-21(26)24-25-22(27)33-13-17(28)23-18-15(10-12-32-18)20(30)31-4-2/h6-10,12H,3-5,11,13H2,1-2H3,(H,23,28). The zero-order chi connectivity index (χ0) is 23.4. The SMILES string of the molecule is CCCCn1c(=O)c2ccccc2n2c(SCC(=O)Nc3sccc3C(=O)OCC)nnc12. The fourth-order valence-electron chi connectivity index (χ4n) is 3.41. The summed E-state index contributed by atoms with van der Waals surface area (Å²) in [4.78, 5) is 37.7. The molecule has 1 amide bonds. The van der Waals surface area contributed by atoms with Crippen molar-refractivity contribution in [3.8, 4) is 0 Å². The Morgan fingerprint density at radius 1 is 1.18 bits per heavy atom. The van der Waals surface area contributed by atoms with Crippen LogP contribution in [0.1, 0.15) is 37.0 Å². The molecular weight excluding hydrogens is 462 g/mol. The number of thiophene rings is 1. The van der Waals surface area contributed by atoms with E-state index in [1.807, 2.05) is 22.6 Å². The van der Waals surface area contributed by atoms with Crippen LogP contribution in [0, 0.1) is 0 Å². The Kier molecular flexibility index (Phi) is 7.09. The molecule has 172 valence electrons. The molecule has 0 bridgehead atoms. The van der Waals surface area contributed by atoms with Crippen molar-refractivity contribution in [1.29, 1.82) is 0 Å². The number of carbonyl (C=O) groups excluding carboxylic acids is 2. The van der Waals surface area contributed by atoms with Crippen molar-refractivity contribution in [3.05, 3.63) is 51.6 Å². The van der Waals surface area contributed by atoms with Crippen molar-refractivity contribution in [2.45, 2.75) is 38.4 Å². The summed E-state index contributed by atoms with van der Waals surface area (Å²) in [5.74, 6) is -0.239. The van der Waals surface area contributed by atoms with Gasteiger partial charge in [0.15, 0.2) is 5.16 Å². The lowest BCUT2D eigenvalue weighted by atomic mass is 10.2. The normalized spacial score (nSPS) is 11.2. The van der Waals surface area contributed by atoms with Crippen LogP contribution in [-0.4, -0.2) is 43.4 Å². The van der Waals surface area contributed by atoms with Crippen molar-refractivity contribution in [1.82, 2.24) is 19.2 Å². The van der Waals surface area contributed by atoms with Gasteiger partial charge in [0.25, 0.3) is 5.56 Å². The lowest BCUT2D eigenvalue weighted by molar-refractivity contribution is -0.113. The zero-order valence-electron chi connectivity index (χ0n) is 18.2. The van der Waals surface area contributed by atoms with Crippen LogP contribution in [-0.2, 0) is 16.1 Å². The number of nitrogens with zero attached hydrogens (tertiary/aromatic N) is 4. The average Bonchev–Trinajstić information content (AvgIpc) is 3.45. The zero-order valence-corrected chi connectivity index (χ0v) is 19.9. The highest BCUT2D eigenvalue weighted by molar-refractivity contribution is 7.99. The summed E-state index contributed by atoms with van der Waals surface area (Å²) in [6.07, 6.45) is 1.78. The number of ether oxygens (including phenoxy) is 1. The smallest absolute Gasteiger partial charge is 0.341 e. The summed E-state index contributed by atoms with van der Waals surface area (Å²) in [7, 11) is 0. The molecule has 33 heavy (non-hydrogen) atoms. The number of aryl methyl sites for hydroxylation is 1. The second-order valence-corrected chi connectivity index (χ2v) is 9.02. The van der Waals surface area contributed by atoms with Gasteiger partial charge in [-0.1, -0.05) is 37.2 Å². The molecule has 1 aromatic carbocycles. The molecule has 11 heteroatoms. The number of para-hydroxylation sites is 1. The first-order valence-electron chi connectivity index (χ1n) is 10.6. The van der Waals surface area contributed by atoms with Gasteiger partial charge in [0.2, 0.25) is 11.7 Å². The van der Waals surface area contributed by atoms with E-state index in [4.69, 9.17) is 4.74 Å².